The molecule has 108 valence electrons. The lowest BCUT2D eigenvalue weighted by atomic mass is 9.76. The Morgan fingerprint density at radius 1 is 1.11 bits per heavy atom. The average Bonchev–Trinajstić information content (AvgIpc) is 2.48. The van der Waals surface area contributed by atoms with Crippen LogP contribution in [0, 0.1) is 11.8 Å². The third kappa shape index (κ3) is 6.61. The van der Waals surface area contributed by atoms with Crippen molar-refractivity contribution in [3.05, 3.63) is 49.1 Å². The third-order valence-electron chi connectivity index (χ3n) is 4.00. The lowest BCUT2D eigenvalue weighted by Gasteiger charge is -2.29. The fraction of sp³-hybridized carbons (Fsp3) is 0.579. The molecule has 0 spiro atoms. The van der Waals surface area contributed by atoms with Gasteiger partial charge in [-0.1, -0.05) is 64.3 Å². The predicted molar refractivity (Wildman–Crippen MR) is 89.3 cm³/mol. The van der Waals surface area contributed by atoms with Gasteiger partial charge in [-0.05, 0) is 55.9 Å². The second-order valence-corrected chi connectivity index (χ2v) is 5.11. The highest BCUT2D eigenvalue weighted by atomic mass is 14.3. The molecule has 19 heavy (non-hydrogen) atoms. The summed E-state index contributed by atoms with van der Waals surface area (Å²) < 4.78 is 0. The Bertz CT molecular complexity index is 298. The molecule has 1 fully saturated rings. The Labute approximate surface area is 121 Å². The number of hydrogen-bond donors (Lipinski definition) is 0. The van der Waals surface area contributed by atoms with Crippen LogP contribution in [0.4, 0.5) is 0 Å². The van der Waals surface area contributed by atoms with E-state index >= 15 is 0 Å². The second kappa shape index (κ2) is 10.8. The van der Waals surface area contributed by atoms with Gasteiger partial charge in [-0.3, -0.25) is 0 Å². The molecule has 0 N–H and O–H groups in total. The zero-order valence-electron chi connectivity index (χ0n) is 13.3. The second-order valence-electron chi connectivity index (χ2n) is 5.11. The molecule has 0 aliphatic heterocycles. The molecule has 1 rings (SSSR count). The molecular formula is C19H32. The van der Waals surface area contributed by atoms with E-state index < -0.39 is 0 Å². The van der Waals surface area contributed by atoms with E-state index in [4.69, 9.17) is 0 Å². The van der Waals surface area contributed by atoms with Crippen LogP contribution in [0.25, 0.3) is 0 Å². The van der Waals surface area contributed by atoms with Gasteiger partial charge in [0, 0.05) is 0 Å². The Morgan fingerprint density at radius 2 is 1.68 bits per heavy atom. The van der Waals surface area contributed by atoms with Crippen LogP contribution in [0.15, 0.2) is 49.1 Å². The van der Waals surface area contributed by atoms with Crippen molar-refractivity contribution in [3.63, 3.8) is 0 Å². The molecule has 0 amide bonds. The highest BCUT2D eigenvalue weighted by Crippen LogP contribution is 2.36. The fourth-order valence-electron chi connectivity index (χ4n) is 2.77. The maximum absolute atomic E-state index is 4.19. The minimum atomic E-state index is 0.784. The summed E-state index contributed by atoms with van der Waals surface area (Å²) in [6, 6.07) is 0. The van der Waals surface area contributed by atoms with Gasteiger partial charge in [0.05, 0.1) is 0 Å². The summed E-state index contributed by atoms with van der Waals surface area (Å²) in [5, 5.41) is 0. The van der Waals surface area contributed by atoms with Crippen molar-refractivity contribution in [3.8, 4) is 0 Å². The van der Waals surface area contributed by atoms with E-state index in [-0.39, 0.29) is 0 Å². The van der Waals surface area contributed by atoms with Crippen LogP contribution >= 0.6 is 0 Å². The van der Waals surface area contributed by atoms with Crippen molar-refractivity contribution >= 4 is 0 Å². The summed E-state index contributed by atoms with van der Waals surface area (Å²) in [6.45, 7) is 18.0. The molecule has 0 nitrogen and oxygen atoms in total. The summed E-state index contributed by atoms with van der Waals surface area (Å²) in [6.07, 6.45) is 13.6. The minimum absolute atomic E-state index is 0.784. The van der Waals surface area contributed by atoms with Crippen LogP contribution < -0.4 is 0 Å². The molecule has 0 aromatic heterocycles. The standard InChI is InChI=1S/C17H26.C2H6/c1-5-8-15(7-3)13-16-9-11-17(12-10-16)14(4)6-2;1-2/h5,7-8,16-17H,1,3-4,6,9-13H2,2H3;1-2H3/b15-8-;. The van der Waals surface area contributed by atoms with Crippen molar-refractivity contribution in [2.24, 2.45) is 11.8 Å². The van der Waals surface area contributed by atoms with Crippen molar-refractivity contribution in [2.75, 3.05) is 0 Å². The first-order valence-electron chi connectivity index (χ1n) is 7.82. The number of allylic oxidation sites excluding steroid dienone is 5. The van der Waals surface area contributed by atoms with Crippen LogP contribution in [-0.2, 0) is 0 Å². The summed E-state index contributed by atoms with van der Waals surface area (Å²) in [5.41, 5.74) is 2.78. The van der Waals surface area contributed by atoms with Gasteiger partial charge in [0.1, 0.15) is 0 Å². The minimum Gasteiger partial charge on any atom is -0.0996 e. The van der Waals surface area contributed by atoms with E-state index in [0.717, 1.165) is 18.3 Å². The molecule has 0 aromatic rings. The van der Waals surface area contributed by atoms with E-state index in [0.29, 0.717) is 0 Å². The molecule has 0 aromatic carbocycles. The largest absolute Gasteiger partial charge is 0.0996 e. The predicted octanol–water partition coefficient (Wildman–Crippen LogP) is 6.47. The van der Waals surface area contributed by atoms with E-state index in [2.05, 4.69) is 32.7 Å². The Morgan fingerprint density at radius 3 is 2.11 bits per heavy atom. The smallest absolute Gasteiger partial charge is 0.0206 e. The first-order chi connectivity index (χ1) is 9.21. The van der Waals surface area contributed by atoms with E-state index in [1.165, 1.54) is 43.3 Å². The Kier molecular flexibility index (Phi) is 10.2. The van der Waals surface area contributed by atoms with Gasteiger partial charge in [-0.25, -0.2) is 0 Å². The van der Waals surface area contributed by atoms with Crippen LogP contribution in [-0.4, -0.2) is 0 Å². The maximum Gasteiger partial charge on any atom is -0.0206 e. The third-order valence-corrected chi connectivity index (χ3v) is 4.00. The van der Waals surface area contributed by atoms with Gasteiger partial charge in [0.25, 0.3) is 0 Å². The lowest BCUT2D eigenvalue weighted by molar-refractivity contribution is 0.298. The summed E-state index contributed by atoms with van der Waals surface area (Å²) in [5.74, 6) is 1.62. The van der Waals surface area contributed by atoms with Crippen molar-refractivity contribution in [2.45, 2.75) is 59.3 Å². The first kappa shape index (κ1) is 18.0. The molecule has 1 aliphatic carbocycles. The monoisotopic (exact) mass is 260 g/mol. The van der Waals surface area contributed by atoms with Gasteiger partial charge >= 0.3 is 0 Å². The number of rotatable bonds is 6. The zero-order chi connectivity index (χ0) is 14.7. The first-order valence-corrected chi connectivity index (χ1v) is 7.82. The van der Waals surface area contributed by atoms with Gasteiger partial charge in [0.2, 0.25) is 0 Å². The van der Waals surface area contributed by atoms with Crippen LogP contribution in [0.3, 0.4) is 0 Å². The average molecular weight is 260 g/mol. The van der Waals surface area contributed by atoms with Gasteiger partial charge in [-0.2, -0.15) is 0 Å². The van der Waals surface area contributed by atoms with Crippen LogP contribution in [0.5, 0.6) is 0 Å². The van der Waals surface area contributed by atoms with Gasteiger partial charge in [0.15, 0.2) is 0 Å². The van der Waals surface area contributed by atoms with Crippen molar-refractivity contribution < 1.29 is 0 Å². The number of hydrogen-bond acceptors (Lipinski definition) is 0. The molecular weight excluding hydrogens is 228 g/mol. The summed E-state index contributed by atoms with van der Waals surface area (Å²) >= 11 is 0. The molecule has 1 saturated carbocycles. The highest BCUT2D eigenvalue weighted by Gasteiger charge is 2.22. The van der Waals surface area contributed by atoms with Gasteiger partial charge < -0.3 is 0 Å². The van der Waals surface area contributed by atoms with Gasteiger partial charge in [-0.15, -0.1) is 0 Å². The molecule has 0 saturated heterocycles. The fourth-order valence-corrected chi connectivity index (χ4v) is 2.77. The zero-order valence-corrected chi connectivity index (χ0v) is 13.3. The highest BCUT2D eigenvalue weighted by molar-refractivity contribution is 5.21. The molecule has 0 heteroatoms. The Balaban J connectivity index is 0.00000154. The van der Waals surface area contributed by atoms with E-state index in [9.17, 15) is 0 Å². The molecule has 0 bridgehead atoms. The summed E-state index contributed by atoms with van der Waals surface area (Å²) in [4.78, 5) is 0. The Hall–Kier alpha value is -1.04. The molecule has 1 aliphatic rings. The topological polar surface area (TPSA) is 0 Å². The van der Waals surface area contributed by atoms with Crippen molar-refractivity contribution in [1.82, 2.24) is 0 Å². The lowest BCUT2D eigenvalue weighted by Crippen LogP contribution is -2.16. The van der Waals surface area contributed by atoms with Crippen LogP contribution in [0.1, 0.15) is 59.3 Å². The van der Waals surface area contributed by atoms with Crippen LogP contribution in [0.2, 0.25) is 0 Å². The quantitative estimate of drug-likeness (QED) is 0.379. The van der Waals surface area contributed by atoms with E-state index in [1.54, 1.807) is 0 Å². The van der Waals surface area contributed by atoms with Crippen molar-refractivity contribution in [1.29, 1.82) is 0 Å². The summed E-state index contributed by atoms with van der Waals surface area (Å²) in [7, 11) is 0. The maximum atomic E-state index is 4.19. The molecule has 0 unspecified atom stereocenters. The SMILES string of the molecule is C=C/C=C(/C=C)CC1CCC(C(=C)CC)CC1.CC. The normalized spacial score (nSPS) is 23.0. The molecule has 0 heterocycles. The molecule has 0 atom stereocenters. The van der Waals surface area contributed by atoms with E-state index in [1.807, 2.05) is 26.0 Å². The molecule has 0 radical (unpaired) electrons.